The SMILES string of the molecule is COc1ccc(C(=O)N(c2ccc(F)c(C)n2)S(=O)(=O)N(O)C2CCC2)cc1. The van der Waals surface area contributed by atoms with E-state index in [0.29, 0.717) is 22.9 Å². The maximum atomic E-state index is 13.6. The van der Waals surface area contributed by atoms with Crippen molar-refractivity contribution >= 4 is 21.9 Å². The highest BCUT2D eigenvalue weighted by Crippen LogP contribution is 2.30. The second-order valence-corrected chi connectivity index (χ2v) is 8.03. The fourth-order valence-corrected chi connectivity index (χ4v) is 4.11. The highest BCUT2D eigenvalue weighted by atomic mass is 32.2. The number of anilines is 1. The summed E-state index contributed by atoms with van der Waals surface area (Å²) < 4.78 is 45.3. The normalized spacial score (nSPS) is 14.6. The van der Waals surface area contributed by atoms with E-state index in [9.17, 15) is 22.8 Å². The van der Waals surface area contributed by atoms with Gasteiger partial charge in [-0.05, 0) is 56.2 Å². The summed E-state index contributed by atoms with van der Waals surface area (Å²) in [7, 11) is -3.19. The molecule has 1 amide bonds. The molecule has 3 rings (SSSR count). The number of hydrogen-bond donors (Lipinski definition) is 1. The second kappa shape index (κ2) is 7.82. The number of amides is 1. The quantitative estimate of drug-likeness (QED) is 0.737. The number of ether oxygens (including phenoxy) is 1. The third-order valence-corrected chi connectivity index (χ3v) is 6.18. The molecule has 8 nitrogen and oxygen atoms in total. The Labute approximate surface area is 162 Å². The summed E-state index contributed by atoms with van der Waals surface area (Å²) in [5.74, 6) is -1.39. The Kier molecular flexibility index (Phi) is 5.64. The zero-order chi connectivity index (χ0) is 20.5. The summed E-state index contributed by atoms with van der Waals surface area (Å²) in [6.07, 6.45) is 1.74. The van der Waals surface area contributed by atoms with Crippen LogP contribution in [-0.4, -0.2) is 42.1 Å². The van der Waals surface area contributed by atoms with Gasteiger partial charge in [-0.2, -0.15) is 12.7 Å². The molecular weight excluding hydrogens is 389 g/mol. The number of hydrogen-bond acceptors (Lipinski definition) is 6. The van der Waals surface area contributed by atoms with Crippen molar-refractivity contribution in [3.05, 3.63) is 53.5 Å². The van der Waals surface area contributed by atoms with Gasteiger partial charge in [0.25, 0.3) is 5.91 Å². The Bertz CT molecular complexity index is 977. The largest absolute Gasteiger partial charge is 0.497 e. The van der Waals surface area contributed by atoms with Gasteiger partial charge in [-0.25, -0.2) is 9.37 Å². The minimum Gasteiger partial charge on any atom is -0.497 e. The molecule has 0 aliphatic heterocycles. The molecule has 0 unspecified atom stereocenters. The topological polar surface area (TPSA) is 100 Å². The summed E-state index contributed by atoms with van der Waals surface area (Å²) in [6, 6.07) is 7.28. The van der Waals surface area contributed by atoms with Gasteiger partial charge in [0, 0.05) is 5.56 Å². The van der Waals surface area contributed by atoms with Crippen LogP contribution in [0.1, 0.15) is 35.3 Å². The van der Waals surface area contributed by atoms with Gasteiger partial charge in [0.1, 0.15) is 11.6 Å². The summed E-state index contributed by atoms with van der Waals surface area (Å²) in [5, 5.41) is 10.3. The number of pyridine rings is 1. The number of methoxy groups -OCH3 is 1. The lowest BCUT2D eigenvalue weighted by Gasteiger charge is -2.34. The molecule has 10 heteroatoms. The van der Waals surface area contributed by atoms with Crippen molar-refractivity contribution in [2.45, 2.75) is 32.2 Å². The molecule has 1 fully saturated rings. The molecular formula is C18H20FN3O5S. The fraction of sp³-hybridized carbons (Fsp3) is 0.333. The number of rotatable bonds is 6. The second-order valence-electron chi connectivity index (χ2n) is 6.40. The zero-order valence-corrected chi connectivity index (χ0v) is 16.2. The smallest absolute Gasteiger partial charge is 0.334 e. The molecule has 150 valence electrons. The molecule has 1 aliphatic carbocycles. The molecule has 1 aromatic carbocycles. The summed E-state index contributed by atoms with van der Waals surface area (Å²) >= 11 is 0. The maximum absolute atomic E-state index is 13.6. The monoisotopic (exact) mass is 409 g/mol. The van der Waals surface area contributed by atoms with Crippen LogP contribution in [0.25, 0.3) is 0 Å². The van der Waals surface area contributed by atoms with Crippen molar-refractivity contribution in [2.75, 3.05) is 11.4 Å². The van der Waals surface area contributed by atoms with Gasteiger partial charge in [0.2, 0.25) is 0 Å². The van der Waals surface area contributed by atoms with E-state index in [4.69, 9.17) is 4.74 Å². The molecule has 0 radical (unpaired) electrons. The molecule has 2 aromatic rings. The Morgan fingerprint density at radius 3 is 2.36 bits per heavy atom. The first-order valence-electron chi connectivity index (χ1n) is 8.61. The van der Waals surface area contributed by atoms with Crippen LogP contribution in [-0.2, 0) is 10.2 Å². The van der Waals surface area contributed by atoms with E-state index in [1.807, 2.05) is 0 Å². The van der Waals surface area contributed by atoms with Crippen LogP contribution in [0.4, 0.5) is 10.2 Å². The van der Waals surface area contributed by atoms with Crippen LogP contribution in [0.3, 0.4) is 0 Å². The van der Waals surface area contributed by atoms with Gasteiger partial charge in [-0.1, -0.05) is 10.9 Å². The minimum absolute atomic E-state index is 0.0372. The van der Waals surface area contributed by atoms with Crippen molar-refractivity contribution in [3.8, 4) is 5.75 Å². The van der Waals surface area contributed by atoms with Crippen LogP contribution in [0.2, 0.25) is 0 Å². The molecule has 0 saturated heterocycles. The van der Waals surface area contributed by atoms with Gasteiger partial charge in [0.05, 0.1) is 18.8 Å². The first-order valence-corrected chi connectivity index (χ1v) is 10.0. The lowest BCUT2D eigenvalue weighted by atomic mass is 9.94. The van der Waals surface area contributed by atoms with Crippen molar-refractivity contribution in [1.82, 2.24) is 9.45 Å². The Hall–Kier alpha value is -2.56. The molecule has 0 spiro atoms. The lowest BCUT2D eigenvalue weighted by Crippen LogP contribution is -2.51. The first kappa shape index (κ1) is 20.2. The number of carbonyl (C=O) groups is 1. The van der Waals surface area contributed by atoms with Gasteiger partial charge in [-0.3, -0.25) is 10.0 Å². The van der Waals surface area contributed by atoms with Crippen molar-refractivity contribution in [3.63, 3.8) is 0 Å². The number of benzene rings is 1. The van der Waals surface area contributed by atoms with E-state index in [1.54, 1.807) is 0 Å². The molecule has 0 bridgehead atoms. The Balaban J connectivity index is 2.07. The Morgan fingerprint density at radius 1 is 1.21 bits per heavy atom. The molecule has 1 saturated carbocycles. The lowest BCUT2D eigenvalue weighted by molar-refractivity contribution is -0.0607. The first-order chi connectivity index (χ1) is 13.3. The predicted octanol–water partition coefficient (Wildman–Crippen LogP) is 2.67. The summed E-state index contributed by atoms with van der Waals surface area (Å²) in [6.45, 7) is 1.35. The molecule has 28 heavy (non-hydrogen) atoms. The average Bonchev–Trinajstić information content (AvgIpc) is 2.63. The van der Waals surface area contributed by atoms with Gasteiger partial charge >= 0.3 is 10.2 Å². The van der Waals surface area contributed by atoms with E-state index in [0.717, 1.165) is 18.6 Å². The van der Waals surface area contributed by atoms with Crippen LogP contribution in [0.5, 0.6) is 5.75 Å². The molecule has 1 heterocycles. The fourth-order valence-electron chi connectivity index (χ4n) is 2.70. The van der Waals surface area contributed by atoms with Crippen molar-refractivity contribution < 1.29 is 27.5 Å². The van der Waals surface area contributed by atoms with E-state index in [-0.39, 0.29) is 21.5 Å². The van der Waals surface area contributed by atoms with E-state index < -0.39 is 28.0 Å². The van der Waals surface area contributed by atoms with Gasteiger partial charge in [-0.15, -0.1) is 0 Å². The summed E-state index contributed by atoms with van der Waals surface area (Å²) in [5.41, 5.74) is -0.0384. The average molecular weight is 409 g/mol. The molecule has 1 aliphatic rings. The molecule has 1 aromatic heterocycles. The van der Waals surface area contributed by atoms with Crippen molar-refractivity contribution in [2.24, 2.45) is 0 Å². The summed E-state index contributed by atoms with van der Waals surface area (Å²) in [4.78, 5) is 16.9. The number of carbonyl (C=O) groups excluding carboxylic acids is 1. The highest BCUT2D eigenvalue weighted by molar-refractivity contribution is 7.91. The van der Waals surface area contributed by atoms with Crippen LogP contribution in [0, 0.1) is 12.7 Å². The van der Waals surface area contributed by atoms with E-state index >= 15 is 0 Å². The number of aromatic nitrogens is 1. The third-order valence-electron chi connectivity index (χ3n) is 4.59. The zero-order valence-electron chi connectivity index (χ0n) is 15.4. The van der Waals surface area contributed by atoms with Crippen molar-refractivity contribution in [1.29, 1.82) is 0 Å². The number of aryl methyl sites for hydroxylation is 1. The maximum Gasteiger partial charge on any atom is 0.334 e. The van der Waals surface area contributed by atoms with E-state index in [1.165, 1.54) is 38.3 Å². The van der Waals surface area contributed by atoms with Crippen LogP contribution in [0.15, 0.2) is 36.4 Å². The third kappa shape index (κ3) is 3.71. The molecule has 0 atom stereocenters. The van der Waals surface area contributed by atoms with Gasteiger partial charge < -0.3 is 4.74 Å². The minimum atomic E-state index is -4.65. The number of nitrogens with zero attached hydrogens (tertiary/aromatic N) is 3. The predicted molar refractivity (Wildman–Crippen MR) is 98.9 cm³/mol. The number of halogens is 1. The van der Waals surface area contributed by atoms with E-state index in [2.05, 4.69) is 4.98 Å². The number of hydroxylamine groups is 1. The van der Waals surface area contributed by atoms with Gasteiger partial charge in [0.15, 0.2) is 5.82 Å². The van der Waals surface area contributed by atoms with Crippen LogP contribution >= 0.6 is 0 Å². The standard InChI is InChI=1S/C18H20FN3O5S/c1-12-16(19)10-11-17(20-12)21(28(25,26)22(24)14-4-3-5-14)18(23)13-6-8-15(27-2)9-7-13/h6-11,14,24H,3-5H2,1-2H3. The van der Waals surface area contributed by atoms with Crippen LogP contribution < -0.4 is 9.04 Å². The highest BCUT2D eigenvalue weighted by Gasteiger charge is 2.41. The Morgan fingerprint density at radius 2 is 1.86 bits per heavy atom. The molecule has 1 N–H and O–H groups in total.